The van der Waals surface area contributed by atoms with E-state index in [1.807, 2.05) is 21.7 Å². The topological polar surface area (TPSA) is 73.8 Å². The molecule has 0 aliphatic carbocycles. The molecule has 0 N–H and O–H groups in total. The molecule has 9 heteroatoms. The van der Waals surface area contributed by atoms with Crippen LogP contribution in [0.15, 0.2) is 40.1 Å². The summed E-state index contributed by atoms with van der Waals surface area (Å²) in [6, 6.07) is 5.28. The number of hydrogen-bond acceptors (Lipinski definition) is 6. The molecule has 0 spiro atoms. The average molecular weight is 421 g/mol. The van der Waals surface area contributed by atoms with E-state index in [2.05, 4.69) is 9.88 Å². The fraction of sp³-hybridized carbons (Fsp3) is 0.474. The maximum Gasteiger partial charge on any atom is 0.254 e. The molecule has 2 aromatic rings. The first kappa shape index (κ1) is 19.4. The van der Waals surface area contributed by atoms with Crippen molar-refractivity contribution in [2.75, 3.05) is 44.2 Å². The summed E-state index contributed by atoms with van der Waals surface area (Å²) in [5.41, 5.74) is 0.744. The Morgan fingerprint density at radius 1 is 0.964 bits per heavy atom. The fourth-order valence-electron chi connectivity index (χ4n) is 3.71. The number of carbonyl (C=O) groups is 1. The Hall–Kier alpha value is -1.97. The van der Waals surface area contributed by atoms with Gasteiger partial charge in [-0.1, -0.05) is 0 Å². The van der Waals surface area contributed by atoms with Crippen LogP contribution in [0.1, 0.15) is 29.6 Å². The van der Waals surface area contributed by atoms with E-state index in [4.69, 9.17) is 0 Å². The highest BCUT2D eigenvalue weighted by molar-refractivity contribution is 7.89. The average Bonchev–Trinajstić information content (AvgIpc) is 3.39. The second-order valence-electron chi connectivity index (χ2n) is 7.11. The molecule has 0 bridgehead atoms. The number of aromatic nitrogens is 1. The van der Waals surface area contributed by atoms with Crippen LogP contribution < -0.4 is 4.90 Å². The maximum atomic E-state index is 12.6. The Bertz CT molecular complexity index is 907. The first-order valence-electron chi connectivity index (χ1n) is 9.58. The molecule has 1 amide bonds. The number of nitrogens with zero attached hydrogens (tertiary/aromatic N) is 4. The van der Waals surface area contributed by atoms with Gasteiger partial charge in [0, 0.05) is 50.8 Å². The maximum absolute atomic E-state index is 12.6. The summed E-state index contributed by atoms with van der Waals surface area (Å²) in [5, 5.41) is 3.80. The third kappa shape index (κ3) is 3.92. The van der Waals surface area contributed by atoms with Crippen molar-refractivity contribution in [3.05, 3.63) is 40.7 Å². The SMILES string of the molecule is O=C(c1ccsc1)N1CCCN(c2ccc(S(=O)(=O)N3CCCC3)cn2)CC1. The van der Waals surface area contributed by atoms with Gasteiger partial charge in [-0.2, -0.15) is 15.6 Å². The van der Waals surface area contributed by atoms with Crippen molar-refractivity contribution in [3.63, 3.8) is 0 Å². The molecule has 2 saturated heterocycles. The number of hydrogen-bond donors (Lipinski definition) is 0. The monoisotopic (exact) mass is 420 g/mol. The number of anilines is 1. The van der Waals surface area contributed by atoms with Crippen LogP contribution >= 0.6 is 11.3 Å². The van der Waals surface area contributed by atoms with Crippen molar-refractivity contribution < 1.29 is 13.2 Å². The zero-order valence-corrected chi connectivity index (χ0v) is 17.3. The summed E-state index contributed by atoms with van der Waals surface area (Å²) in [6.07, 6.45) is 4.14. The lowest BCUT2D eigenvalue weighted by molar-refractivity contribution is 0.0767. The van der Waals surface area contributed by atoms with E-state index in [9.17, 15) is 13.2 Å². The van der Waals surface area contributed by atoms with Crippen molar-refractivity contribution in [3.8, 4) is 0 Å². The van der Waals surface area contributed by atoms with Crippen molar-refractivity contribution >= 4 is 33.1 Å². The van der Waals surface area contributed by atoms with Crippen LogP contribution in [0.25, 0.3) is 0 Å². The van der Waals surface area contributed by atoms with Crippen LogP contribution in [0.2, 0.25) is 0 Å². The Kier molecular flexibility index (Phi) is 5.65. The van der Waals surface area contributed by atoms with Crippen LogP contribution in [-0.4, -0.2) is 67.8 Å². The van der Waals surface area contributed by atoms with E-state index in [0.717, 1.165) is 37.2 Å². The molecule has 0 radical (unpaired) electrons. The van der Waals surface area contributed by atoms with Crippen molar-refractivity contribution in [1.82, 2.24) is 14.2 Å². The van der Waals surface area contributed by atoms with Crippen molar-refractivity contribution in [2.24, 2.45) is 0 Å². The largest absolute Gasteiger partial charge is 0.355 e. The van der Waals surface area contributed by atoms with E-state index in [0.29, 0.717) is 32.7 Å². The van der Waals surface area contributed by atoms with Gasteiger partial charge < -0.3 is 9.80 Å². The minimum Gasteiger partial charge on any atom is -0.355 e. The summed E-state index contributed by atoms with van der Waals surface area (Å²) >= 11 is 1.53. The number of thiophene rings is 1. The lowest BCUT2D eigenvalue weighted by Gasteiger charge is -2.23. The normalized spacial score (nSPS) is 19.0. The third-order valence-corrected chi connectivity index (χ3v) is 7.86. The highest BCUT2D eigenvalue weighted by atomic mass is 32.2. The van der Waals surface area contributed by atoms with E-state index in [1.54, 1.807) is 12.1 Å². The number of carbonyl (C=O) groups excluding carboxylic acids is 1. The molecule has 2 aliphatic heterocycles. The quantitative estimate of drug-likeness (QED) is 0.759. The zero-order chi connectivity index (χ0) is 19.6. The lowest BCUT2D eigenvalue weighted by Crippen LogP contribution is -2.35. The fourth-order valence-corrected chi connectivity index (χ4v) is 5.80. The molecule has 7 nitrogen and oxygen atoms in total. The van der Waals surface area contributed by atoms with Gasteiger partial charge >= 0.3 is 0 Å². The Balaban J connectivity index is 1.43. The molecule has 0 aromatic carbocycles. The third-order valence-electron chi connectivity index (χ3n) is 5.30. The highest BCUT2D eigenvalue weighted by Gasteiger charge is 2.28. The van der Waals surface area contributed by atoms with Crippen LogP contribution in [-0.2, 0) is 10.0 Å². The van der Waals surface area contributed by atoms with Crippen molar-refractivity contribution in [2.45, 2.75) is 24.2 Å². The number of sulfonamides is 1. The van der Waals surface area contributed by atoms with E-state index in [-0.39, 0.29) is 10.8 Å². The van der Waals surface area contributed by atoms with E-state index in [1.165, 1.54) is 21.8 Å². The summed E-state index contributed by atoms with van der Waals surface area (Å²) in [6.45, 7) is 3.99. The first-order valence-corrected chi connectivity index (χ1v) is 12.0. The molecular formula is C19H24N4O3S2. The van der Waals surface area contributed by atoms with Crippen LogP contribution in [0.5, 0.6) is 0 Å². The van der Waals surface area contributed by atoms with Gasteiger partial charge in [-0.3, -0.25) is 4.79 Å². The van der Waals surface area contributed by atoms with Gasteiger partial charge in [-0.05, 0) is 42.8 Å². The molecule has 0 atom stereocenters. The standard InChI is InChI=1S/C19H24N4O3S2/c24-19(16-6-13-27-15-16)22-8-3-7-21(11-12-22)18-5-4-17(14-20-18)28(25,26)23-9-1-2-10-23/h4-6,13-15H,1-3,7-12H2. The number of rotatable bonds is 4. The highest BCUT2D eigenvalue weighted by Crippen LogP contribution is 2.22. The number of pyridine rings is 1. The number of amides is 1. The molecule has 4 heterocycles. The summed E-state index contributed by atoms with van der Waals surface area (Å²) in [7, 11) is -3.44. The van der Waals surface area contributed by atoms with Crippen LogP contribution in [0.3, 0.4) is 0 Å². The second-order valence-corrected chi connectivity index (χ2v) is 9.83. The molecule has 4 rings (SSSR count). The van der Waals surface area contributed by atoms with Gasteiger partial charge in [0.1, 0.15) is 10.7 Å². The van der Waals surface area contributed by atoms with E-state index < -0.39 is 10.0 Å². The van der Waals surface area contributed by atoms with E-state index >= 15 is 0 Å². The summed E-state index contributed by atoms with van der Waals surface area (Å²) in [4.78, 5) is 21.2. The minimum atomic E-state index is -3.44. The van der Waals surface area contributed by atoms with Crippen LogP contribution in [0, 0.1) is 0 Å². The Morgan fingerprint density at radius 3 is 2.46 bits per heavy atom. The van der Waals surface area contributed by atoms with Crippen LogP contribution in [0.4, 0.5) is 5.82 Å². The van der Waals surface area contributed by atoms with Gasteiger partial charge in [0.2, 0.25) is 10.0 Å². The summed E-state index contributed by atoms with van der Waals surface area (Å²) < 4.78 is 26.8. The van der Waals surface area contributed by atoms with Gasteiger partial charge in [-0.25, -0.2) is 13.4 Å². The Morgan fingerprint density at radius 2 is 1.79 bits per heavy atom. The van der Waals surface area contributed by atoms with Gasteiger partial charge in [-0.15, -0.1) is 0 Å². The predicted octanol–water partition coefficient (Wildman–Crippen LogP) is 2.28. The first-order chi connectivity index (χ1) is 13.6. The van der Waals surface area contributed by atoms with Gasteiger partial charge in [0.15, 0.2) is 0 Å². The van der Waals surface area contributed by atoms with Crippen molar-refractivity contribution in [1.29, 1.82) is 0 Å². The molecule has 28 heavy (non-hydrogen) atoms. The minimum absolute atomic E-state index is 0.0723. The Labute approximate surface area is 169 Å². The molecule has 0 unspecified atom stereocenters. The smallest absolute Gasteiger partial charge is 0.254 e. The molecular weight excluding hydrogens is 396 g/mol. The predicted molar refractivity (Wildman–Crippen MR) is 109 cm³/mol. The zero-order valence-electron chi connectivity index (χ0n) is 15.7. The lowest BCUT2D eigenvalue weighted by atomic mass is 10.3. The molecule has 0 saturated carbocycles. The summed E-state index contributed by atoms with van der Waals surface area (Å²) in [5.74, 6) is 0.827. The second kappa shape index (κ2) is 8.18. The molecule has 2 fully saturated rings. The van der Waals surface area contributed by atoms with Gasteiger partial charge in [0.25, 0.3) is 5.91 Å². The molecule has 2 aliphatic rings. The molecule has 150 valence electrons. The molecule has 2 aromatic heterocycles. The van der Waals surface area contributed by atoms with Gasteiger partial charge in [0.05, 0.1) is 5.56 Å².